The fourth-order valence-electron chi connectivity index (χ4n) is 2.22. The largest absolute Gasteiger partial charge is 0.134 e. The molecule has 0 bridgehead atoms. The van der Waals surface area contributed by atoms with Gasteiger partial charge in [0.05, 0.1) is 0 Å². The molecular weight excluding hydrogens is 188 g/mol. The molecule has 0 aromatic rings. The first-order valence-electron chi connectivity index (χ1n) is 5.56. The summed E-state index contributed by atoms with van der Waals surface area (Å²) in [5.74, 6) is 1.17. The molecule has 0 saturated carbocycles. The monoisotopic (exact) mass is 210 g/mol. The molecule has 1 aliphatic carbocycles. The van der Waals surface area contributed by atoms with Crippen molar-refractivity contribution in [3.8, 4) is 0 Å². The molecule has 0 radical (unpaired) electrons. The first-order valence-corrected chi connectivity index (χ1v) is 6.61. The van der Waals surface area contributed by atoms with Crippen LogP contribution in [0.15, 0.2) is 22.6 Å². The van der Waals surface area contributed by atoms with Crippen LogP contribution in [0.1, 0.15) is 47.0 Å². The Hall–Kier alpha value is -0.170. The predicted molar refractivity (Wildman–Crippen MR) is 67.6 cm³/mol. The van der Waals surface area contributed by atoms with Gasteiger partial charge in [0, 0.05) is 0 Å². The lowest BCUT2D eigenvalue weighted by Gasteiger charge is -2.32. The molecule has 0 spiro atoms. The number of hydrogen-bond acceptors (Lipinski definition) is 1. The Morgan fingerprint density at radius 2 is 2.14 bits per heavy atom. The third kappa shape index (κ3) is 2.91. The lowest BCUT2D eigenvalue weighted by molar-refractivity contribution is 0.377. The minimum Gasteiger partial charge on any atom is -0.134 e. The van der Waals surface area contributed by atoms with Gasteiger partial charge in [-0.05, 0) is 48.3 Å². The summed E-state index contributed by atoms with van der Waals surface area (Å²) >= 11 is 1.89. The van der Waals surface area contributed by atoms with Gasteiger partial charge in [-0.2, -0.15) is 0 Å². The van der Waals surface area contributed by atoms with Crippen molar-refractivity contribution in [3.05, 3.63) is 22.6 Å². The van der Waals surface area contributed by atoms with Crippen LogP contribution in [0.3, 0.4) is 0 Å². The van der Waals surface area contributed by atoms with E-state index in [0.29, 0.717) is 5.41 Å². The molecule has 0 aromatic carbocycles. The predicted octanol–water partition coefficient (Wildman–Crippen LogP) is 4.78. The van der Waals surface area contributed by atoms with Gasteiger partial charge in [0.1, 0.15) is 0 Å². The molecule has 1 aliphatic rings. The Morgan fingerprint density at radius 1 is 1.43 bits per heavy atom. The van der Waals surface area contributed by atoms with Crippen LogP contribution in [0.2, 0.25) is 0 Å². The third-order valence-corrected chi connectivity index (χ3v) is 3.70. The van der Waals surface area contributed by atoms with Crippen LogP contribution in [0.5, 0.6) is 0 Å². The fraction of sp³-hybridized carbons (Fsp3) is 0.692. The molecule has 0 heterocycles. The van der Waals surface area contributed by atoms with Gasteiger partial charge in [-0.1, -0.05) is 32.4 Å². The lowest BCUT2D eigenvalue weighted by atomic mass is 9.73. The molecule has 0 aliphatic heterocycles. The van der Waals surface area contributed by atoms with E-state index in [9.17, 15) is 0 Å². The topological polar surface area (TPSA) is 0 Å². The smallest absolute Gasteiger partial charge is 0.00544 e. The van der Waals surface area contributed by atoms with Crippen molar-refractivity contribution in [3.63, 3.8) is 0 Å². The second-order valence-electron chi connectivity index (χ2n) is 4.69. The van der Waals surface area contributed by atoms with Crippen molar-refractivity contribution in [2.75, 3.05) is 5.75 Å². The molecule has 1 rings (SSSR count). The Morgan fingerprint density at radius 3 is 2.71 bits per heavy atom. The summed E-state index contributed by atoms with van der Waals surface area (Å²) in [4.78, 5) is 0. The third-order valence-electron chi connectivity index (χ3n) is 3.04. The summed E-state index contributed by atoms with van der Waals surface area (Å²) in [6.45, 7) is 9.22. The standard InChI is InChI=1S/C13H22S/c1-5-14-10-8-12-11(2)7-6-9-13(12,3)4/h8,10H,5-7,9H2,1-4H3/b10-8+. The van der Waals surface area contributed by atoms with E-state index in [0.717, 1.165) is 0 Å². The van der Waals surface area contributed by atoms with Crippen molar-refractivity contribution in [1.82, 2.24) is 0 Å². The summed E-state index contributed by atoms with van der Waals surface area (Å²) in [7, 11) is 0. The maximum absolute atomic E-state index is 2.37. The van der Waals surface area contributed by atoms with Crippen LogP contribution in [-0.4, -0.2) is 5.75 Å². The summed E-state index contributed by atoms with van der Waals surface area (Å²) in [5, 5.41) is 2.26. The van der Waals surface area contributed by atoms with Crippen molar-refractivity contribution in [2.45, 2.75) is 47.0 Å². The summed E-state index contributed by atoms with van der Waals surface area (Å²) in [5.41, 5.74) is 3.56. The highest BCUT2D eigenvalue weighted by Gasteiger charge is 2.26. The fourth-order valence-corrected chi connectivity index (χ4v) is 2.65. The van der Waals surface area contributed by atoms with Crippen molar-refractivity contribution in [1.29, 1.82) is 0 Å². The van der Waals surface area contributed by atoms with Crippen LogP contribution >= 0.6 is 11.8 Å². The van der Waals surface area contributed by atoms with E-state index in [1.165, 1.54) is 25.0 Å². The molecule has 14 heavy (non-hydrogen) atoms. The highest BCUT2D eigenvalue weighted by atomic mass is 32.2. The van der Waals surface area contributed by atoms with Crippen LogP contribution in [0, 0.1) is 5.41 Å². The van der Waals surface area contributed by atoms with E-state index in [1.807, 2.05) is 11.8 Å². The Kier molecular flexibility index (Phi) is 4.31. The van der Waals surface area contributed by atoms with Crippen LogP contribution in [0.25, 0.3) is 0 Å². The van der Waals surface area contributed by atoms with Gasteiger partial charge in [-0.25, -0.2) is 0 Å². The zero-order valence-corrected chi connectivity index (χ0v) is 10.7. The van der Waals surface area contributed by atoms with E-state index in [2.05, 4.69) is 39.2 Å². The highest BCUT2D eigenvalue weighted by Crippen LogP contribution is 2.40. The summed E-state index contributed by atoms with van der Waals surface area (Å²) in [6, 6.07) is 0. The minimum absolute atomic E-state index is 0.396. The second kappa shape index (κ2) is 5.06. The van der Waals surface area contributed by atoms with E-state index in [1.54, 1.807) is 11.1 Å². The number of allylic oxidation sites excluding steroid dienone is 3. The SMILES string of the molecule is CCS/C=C/C1=C(C)CCCC1(C)C. The Balaban J connectivity index is 2.80. The van der Waals surface area contributed by atoms with E-state index >= 15 is 0 Å². The van der Waals surface area contributed by atoms with E-state index in [-0.39, 0.29) is 0 Å². The second-order valence-corrected chi connectivity index (χ2v) is 5.87. The highest BCUT2D eigenvalue weighted by molar-refractivity contribution is 8.02. The molecule has 0 fully saturated rings. The zero-order valence-electron chi connectivity index (χ0n) is 9.89. The molecular formula is C13H22S. The van der Waals surface area contributed by atoms with Gasteiger partial charge < -0.3 is 0 Å². The molecule has 0 atom stereocenters. The molecule has 80 valence electrons. The average molecular weight is 210 g/mol. The van der Waals surface area contributed by atoms with E-state index in [4.69, 9.17) is 0 Å². The number of hydrogen-bond donors (Lipinski definition) is 0. The molecule has 0 aromatic heterocycles. The van der Waals surface area contributed by atoms with E-state index < -0.39 is 0 Å². The van der Waals surface area contributed by atoms with Gasteiger partial charge in [0.2, 0.25) is 0 Å². The number of rotatable bonds is 3. The van der Waals surface area contributed by atoms with Gasteiger partial charge in [-0.15, -0.1) is 11.8 Å². The molecule has 0 amide bonds. The maximum atomic E-state index is 2.37. The van der Waals surface area contributed by atoms with Crippen LogP contribution in [-0.2, 0) is 0 Å². The summed E-state index contributed by atoms with van der Waals surface area (Å²) < 4.78 is 0. The molecule has 1 heteroatoms. The van der Waals surface area contributed by atoms with Gasteiger partial charge >= 0.3 is 0 Å². The first-order chi connectivity index (χ1) is 6.58. The van der Waals surface area contributed by atoms with Gasteiger partial charge in [-0.3, -0.25) is 0 Å². The minimum atomic E-state index is 0.396. The maximum Gasteiger partial charge on any atom is -0.00544 e. The van der Waals surface area contributed by atoms with Gasteiger partial charge in [0.25, 0.3) is 0 Å². The van der Waals surface area contributed by atoms with Crippen LogP contribution in [0.4, 0.5) is 0 Å². The van der Waals surface area contributed by atoms with Gasteiger partial charge in [0.15, 0.2) is 0 Å². The first kappa shape index (κ1) is 11.9. The summed E-state index contributed by atoms with van der Waals surface area (Å²) in [6.07, 6.45) is 6.32. The quantitative estimate of drug-likeness (QED) is 0.646. The molecule has 0 unspecified atom stereocenters. The molecule has 0 saturated heterocycles. The molecule has 0 nitrogen and oxygen atoms in total. The normalized spacial score (nSPS) is 22.0. The zero-order chi connectivity index (χ0) is 10.6. The Bertz CT molecular complexity index is 246. The van der Waals surface area contributed by atoms with Crippen LogP contribution < -0.4 is 0 Å². The Labute approximate surface area is 92.9 Å². The molecule has 0 N–H and O–H groups in total. The number of thioether (sulfide) groups is 1. The average Bonchev–Trinajstić information content (AvgIpc) is 2.09. The van der Waals surface area contributed by atoms with Crippen molar-refractivity contribution >= 4 is 11.8 Å². The lowest BCUT2D eigenvalue weighted by Crippen LogP contribution is -2.18. The van der Waals surface area contributed by atoms with Crippen molar-refractivity contribution < 1.29 is 0 Å². The van der Waals surface area contributed by atoms with Crippen molar-refractivity contribution in [2.24, 2.45) is 5.41 Å².